The fourth-order valence-corrected chi connectivity index (χ4v) is 3.26. The first kappa shape index (κ1) is 12.9. The molecule has 1 unspecified atom stereocenters. The Labute approximate surface area is 112 Å². The second-order valence-electron chi connectivity index (χ2n) is 4.21. The minimum absolute atomic E-state index is 0.183. The molecular formula is C13H17NOS2. The molecular weight excluding hydrogens is 250 g/mol. The maximum Gasteiger partial charge on any atom is 0.131 e. The van der Waals surface area contributed by atoms with E-state index < -0.39 is 0 Å². The Bertz CT molecular complexity index is 414. The summed E-state index contributed by atoms with van der Waals surface area (Å²) in [6, 6.07) is 8.07. The van der Waals surface area contributed by atoms with Gasteiger partial charge in [-0.2, -0.15) is 0 Å². The molecule has 1 atom stereocenters. The molecule has 0 aliphatic carbocycles. The van der Waals surface area contributed by atoms with Gasteiger partial charge in [0, 0.05) is 17.2 Å². The Morgan fingerprint density at radius 1 is 1.53 bits per heavy atom. The van der Waals surface area contributed by atoms with Crippen LogP contribution in [0.4, 0.5) is 0 Å². The molecule has 0 spiro atoms. The van der Waals surface area contributed by atoms with Gasteiger partial charge in [0.15, 0.2) is 0 Å². The SMILES string of the molecule is CC(=S)C1(COc2ccccc2C)NCCS1. The van der Waals surface area contributed by atoms with Crippen LogP contribution in [0.15, 0.2) is 24.3 Å². The van der Waals surface area contributed by atoms with Crippen LogP contribution in [0.25, 0.3) is 0 Å². The third-order valence-electron chi connectivity index (χ3n) is 2.95. The Balaban J connectivity index is 2.06. The number of benzene rings is 1. The number of thiocarbonyl (C=S) groups is 1. The van der Waals surface area contributed by atoms with Gasteiger partial charge in [0.05, 0.1) is 0 Å². The summed E-state index contributed by atoms with van der Waals surface area (Å²) in [6.07, 6.45) is 0. The van der Waals surface area contributed by atoms with Gasteiger partial charge < -0.3 is 4.74 Å². The van der Waals surface area contributed by atoms with Crippen molar-refractivity contribution in [3.05, 3.63) is 29.8 Å². The van der Waals surface area contributed by atoms with Crippen molar-refractivity contribution in [3.63, 3.8) is 0 Å². The van der Waals surface area contributed by atoms with Gasteiger partial charge >= 0.3 is 0 Å². The minimum Gasteiger partial charge on any atom is -0.490 e. The standard InChI is InChI=1S/C13H17NOS2/c1-10-5-3-4-6-12(10)15-9-13(11(2)16)14-7-8-17-13/h3-6,14H,7-9H2,1-2H3. The predicted molar refractivity (Wildman–Crippen MR) is 78.1 cm³/mol. The summed E-state index contributed by atoms with van der Waals surface area (Å²) in [6.45, 7) is 5.64. The average molecular weight is 267 g/mol. The first-order valence-corrected chi connectivity index (χ1v) is 7.12. The van der Waals surface area contributed by atoms with Gasteiger partial charge in [-0.15, -0.1) is 11.8 Å². The van der Waals surface area contributed by atoms with E-state index in [1.807, 2.05) is 36.9 Å². The van der Waals surface area contributed by atoms with Gasteiger partial charge in [-0.25, -0.2) is 0 Å². The van der Waals surface area contributed by atoms with Crippen LogP contribution in [-0.2, 0) is 0 Å². The molecule has 0 radical (unpaired) electrons. The molecule has 1 saturated heterocycles. The molecule has 1 N–H and O–H groups in total. The molecule has 1 fully saturated rings. The molecule has 1 aromatic carbocycles. The lowest BCUT2D eigenvalue weighted by molar-refractivity contribution is 0.285. The Morgan fingerprint density at radius 2 is 2.29 bits per heavy atom. The first-order chi connectivity index (χ1) is 8.14. The minimum atomic E-state index is -0.183. The highest BCUT2D eigenvalue weighted by Crippen LogP contribution is 2.30. The van der Waals surface area contributed by atoms with Crippen molar-refractivity contribution < 1.29 is 4.74 Å². The van der Waals surface area contributed by atoms with Crippen molar-refractivity contribution >= 4 is 28.8 Å². The van der Waals surface area contributed by atoms with Crippen LogP contribution in [0.1, 0.15) is 12.5 Å². The van der Waals surface area contributed by atoms with Crippen molar-refractivity contribution in [2.45, 2.75) is 18.7 Å². The van der Waals surface area contributed by atoms with Gasteiger partial charge in [-0.05, 0) is 25.5 Å². The van der Waals surface area contributed by atoms with E-state index in [-0.39, 0.29) is 4.87 Å². The van der Waals surface area contributed by atoms with Crippen LogP contribution < -0.4 is 10.1 Å². The summed E-state index contributed by atoms with van der Waals surface area (Å²) in [4.78, 5) is 0.783. The van der Waals surface area contributed by atoms with E-state index in [0.717, 1.165) is 28.5 Å². The van der Waals surface area contributed by atoms with E-state index in [2.05, 4.69) is 18.3 Å². The Hall–Kier alpha value is -0.580. The highest BCUT2D eigenvalue weighted by Gasteiger charge is 2.37. The largest absolute Gasteiger partial charge is 0.490 e. The number of nitrogens with one attached hydrogen (secondary N) is 1. The lowest BCUT2D eigenvalue weighted by Crippen LogP contribution is -2.48. The number of para-hydroxylation sites is 1. The molecule has 1 aliphatic heterocycles. The molecule has 1 aliphatic rings. The molecule has 4 heteroatoms. The number of hydrogen-bond donors (Lipinski definition) is 1. The van der Waals surface area contributed by atoms with Crippen molar-refractivity contribution in [3.8, 4) is 5.75 Å². The molecule has 0 bridgehead atoms. The van der Waals surface area contributed by atoms with Gasteiger partial charge in [-0.1, -0.05) is 30.4 Å². The summed E-state index contributed by atoms with van der Waals surface area (Å²) < 4.78 is 5.91. The topological polar surface area (TPSA) is 21.3 Å². The van der Waals surface area contributed by atoms with Crippen molar-refractivity contribution in [1.82, 2.24) is 5.32 Å². The second kappa shape index (κ2) is 5.38. The lowest BCUT2D eigenvalue weighted by Gasteiger charge is -2.28. The predicted octanol–water partition coefficient (Wildman–Crippen LogP) is 2.80. The molecule has 2 nitrogen and oxygen atoms in total. The Morgan fingerprint density at radius 3 is 2.88 bits per heavy atom. The fraction of sp³-hybridized carbons (Fsp3) is 0.462. The van der Waals surface area contributed by atoms with Gasteiger partial charge in [0.2, 0.25) is 0 Å². The molecule has 1 heterocycles. The summed E-state index contributed by atoms with van der Waals surface area (Å²) in [5.41, 5.74) is 1.16. The zero-order chi connectivity index (χ0) is 12.3. The maximum atomic E-state index is 5.91. The number of aryl methyl sites for hydroxylation is 1. The summed E-state index contributed by atoms with van der Waals surface area (Å²) in [7, 11) is 0. The molecule has 0 aromatic heterocycles. The van der Waals surface area contributed by atoms with Crippen LogP contribution in [-0.4, -0.2) is 28.6 Å². The van der Waals surface area contributed by atoms with Crippen molar-refractivity contribution in [2.75, 3.05) is 18.9 Å². The zero-order valence-electron chi connectivity index (χ0n) is 10.2. The molecule has 17 heavy (non-hydrogen) atoms. The van der Waals surface area contributed by atoms with Crippen LogP contribution in [0.3, 0.4) is 0 Å². The van der Waals surface area contributed by atoms with Gasteiger partial charge in [0.1, 0.15) is 17.2 Å². The third-order valence-corrected chi connectivity index (χ3v) is 4.90. The first-order valence-electron chi connectivity index (χ1n) is 5.72. The van der Waals surface area contributed by atoms with Gasteiger partial charge in [-0.3, -0.25) is 5.32 Å². The zero-order valence-corrected chi connectivity index (χ0v) is 11.8. The summed E-state index contributed by atoms with van der Waals surface area (Å²) >= 11 is 7.20. The normalized spacial score (nSPS) is 23.6. The Kier molecular flexibility index (Phi) is 4.07. The summed E-state index contributed by atoms with van der Waals surface area (Å²) in [5.74, 6) is 2.03. The molecule has 0 amide bonds. The number of thioether (sulfide) groups is 1. The van der Waals surface area contributed by atoms with Crippen LogP contribution >= 0.6 is 24.0 Å². The highest BCUT2D eigenvalue weighted by molar-refractivity contribution is 8.02. The highest BCUT2D eigenvalue weighted by atomic mass is 32.2. The quantitative estimate of drug-likeness (QED) is 0.847. The monoisotopic (exact) mass is 267 g/mol. The molecule has 92 valence electrons. The molecule has 0 saturated carbocycles. The second-order valence-corrected chi connectivity index (χ2v) is 6.22. The van der Waals surface area contributed by atoms with E-state index in [0.29, 0.717) is 6.61 Å². The van der Waals surface area contributed by atoms with Gasteiger partial charge in [0.25, 0.3) is 0 Å². The van der Waals surface area contributed by atoms with E-state index in [1.165, 1.54) is 0 Å². The lowest BCUT2D eigenvalue weighted by atomic mass is 10.2. The smallest absolute Gasteiger partial charge is 0.131 e. The average Bonchev–Trinajstić information content (AvgIpc) is 2.78. The molecule has 1 aromatic rings. The van der Waals surface area contributed by atoms with E-state index in [4.69, 9.17) is 17.0 Å². The number of ether oxygens (including phenoxy) is 1. The van der Waals surface area contributed by atoms with E-state index in [1.54, 1.807) is 0 Å². The summed E-state index contributed by atoms with van der Waals surface area (Å²) in [5, 5.41) is 3.46. The maximum absolute atomic E-state index is 5.91. The van der Waals surface area contributed by atoms with E-state index >= 15 is 0 Å². The fourth-order valence-electron chi connectivity index (χ4n) is 1.85. The molecule has 2 rings (SSSR count). The van der Waals surface area contributed by atoms with E-state index in [9.17, 15) is 0 Å². The van der Waals surface area contributed by atoms with Crippen LogP contribution in [0.5, 0.6) is 5.75 Å². The van der Waals surface area contributed by atoms with Crippen LogP contribution in [0.2, 0.25) is 0 Å². The van der Waals surface area contributed by atoms with Crippen molar-refractivity contribution in [2.24, 2.45) is 0 Å². The van der Waals surface area contributed by atoms with Crippen molar-refractivity contribution in [1.29, 1.82) is 0 Å². The van der Waals surface area contributed by atoms with Crippen LogP contribution in [0, 0.1) is 6.92 Å². The third kappa shape index (κ3) is 2.81. The number of rotatable bonds is 4. The number of hydrogen-bond acceptors (Lipinski definition) is 4.